The highest BCUT2D eigenvalue weighted by Gasteiger charge is 2.38. The monoisotopic (exact) mass is 797 g/mol. The van der Waals surface area contributed by atoms with Crippen molar-refractivity contribution in [2.75, 3.05) is 4.90 Å². The van der Waals surface area contributed by atoms with Crippen LogP contribution in [-0.4, -0.2) is 9.13 Å². The summed E-state index contributed by atoms with van der Waals surface area (Å²) in [6.07, 6.45) is 6.53. The minimum atomic E-state index is -0.216. The minimum absolute atomic E-state index is 0.167. The van der Waals surface area contributed by atoms with Crippen LogP contribution in [0, 0.1) is 0 Å². The summed E-state index contributed by atoms with van der Waals surface area (Å²) in [6, 6.07) is 60.5. The third-order valence-electron chi connectivity index (χ3n) is 14.0. The Balaban J connectivity index is 0.993. The first-order chi connectivity index (χ1) is 30.4. The fourth-order valence-electron chi connectivity index (χ4n) is 11.1. The Kier molecular flexibility index (Phi) is 7.23. The summed E-state index contributed by atoms with van der Waals surface area (Å²) >= 11 is 0. The van der Waals surface area contributed by atoms with Crippen LogP contribution in [0.4, 0.5) is 11.4 Å². The lowest BCUT2D eigenvalue weighted by Gasteiger charge is -2.23. The maximum atomic E-state index is 6.39. The molecule has 11 aromatic rings. The number of para-hydroxylation sites is 4. The average molecular weight is 798 g/mol. The zero-order valence-corrected chi connectivity index (χ0v) is 35.1. The molecule has 0 fully saturated rings. The van der Waals surface area contributed by atoms with E-state index in [9.17, 15) is 0 Å². The van der Waals surface area contributed by atoms with Crippen LogP contribution >= 0.6 is 0 Å². The minimum Gasteiger partial charge on any atom is -0.456 e. The van der Waals surface area contributed by atoms with E-state index in [4.69, 9.17) is 4.42 Å². The smallest absolute Gasteiger partial charge is 0.137 e. The second-order valence-electron chi connectivity index (χ2n) is 17.7. The molecule has 0 saturated carbocycles. The van der Waals surface area contributed by atoms with E-state index in [1.165, 1.54) is 94.2 Å². The van der Waals surface area contributed by atoms with Crippen molar-refractivity contribution < 1.29 is 4.42 Å². The van der Waals surface area contributed by atoms with Gasteiger partial charge in [0.1, 0.15) is 11.2 Å². The van der Waals surface area contributed by atoms with E-state index in [1.54, 1.807) is 0 Å². The molecule has 0 N–H and O–H groups in total. The number of aromatic nitrogens is 2. The molecule has 62 heavy (non-hydrogen) atoms. The summed E-state index contributed by atoms with van der Waals surface area (Å²) < 4.78 is 11.3. The number of furan rings is 1. The third kappa shape index (κ3) is 4.72. The molecule has 0 amide bonds. The second kappa shape index (κ2) is 12.7. The lowest BCUT2D eigenvalue weighted by molar-refractivity contribution is 0.661. The van der Waals surface area contributed by atoms with Gasteiger partial charge in [0.25, 0.3) is 0 Å². The molecule has 1 aliphatic heterocycles. The zero-order valence-electron chi connectivity index (χ0n) is 35.1. The van der Waals surface area contributed by atoms with Gasteiger partial charge in [-0.05, 0) is 126 Å². The lowest BCUT2D eigenvalue weighted by atomic mass is 9.82. The molecule has 0 radical (unpaired) electrons. The molecule has 1 aliphatic carbocycles. The first-order valence-electron chi connectivity index (χ1n) is 21.8. The standard InChI is InChI=1S/C58H43N3O/c1-5-6-21-50-35(2)43-29-37(26-28-53(43)60(50)38-25-27-42-41-20-12-15-24-56(41)62-57(42)30-38)61-52-23-14-11-19-40(52)47-32-45-44-31-46-39-18-10-13-22-51(39)59(36-16-8-7-9-17-36)54(46)33-48(44)58(3,4)49(45)34-55(47)61/h5-35H,1-4H3/b6-5-,50-21+/t35-/m1/s1. The van der Waals surface area contributed by atoms with Gasteiger partial charge in [-0.15, -0.1) is 0 Å². The number of benzene rings is 8. The van der Waals surface area contributed by atoms with Gasteiger partial charge < -0.3 is 18.5 Å². The van der Waals surface area contributed by atoms with Gasteiger partial charge >= 0.3 is 0 Å². The van der Waals surface area contributed by atoms with Gasteiger partial charge in [-0.1, -0.05) is 106 Å². The fraction of sp³-hybridized carbons (Fsp3) is 0.103. The maximum Gasteiger partial charge on any atom is 0.137 e. The first kappa shape index (κ1) is 35.2. The molecule has 0 bridgehead atoms. The van der Waals surface area contributed by atoms with Crippen LogP contribution in [0.25, 0.3) is 88.1 Å². The SMILES string of the molecule is C/C=C\C=C1/[C@H](C)c2cc(-n3c4ccccc4c4cc5c(cc43)C(C)(C)c3cc4c(cc3-5)c3ccccc3n4-c3ccccc3)ccc2N1c1ccc2c(c1)oc1ccccc12. The van der Waals surface area contributed by atoms with Crippen molar-refractivity contribution in [2.45, 2.75) is 39.0 Å². The van der Waals surface area contributed by atoms with Gasteiger partial charge in [0, 0.05) is 78.2 Å². The van der Waals surface area contributed by atoms with Gasteiger partial charge in [-0.3, -0.25) is 0 Å². The van der Waals surface area contributed by atoms with Crippen LogP contribution in [0.2, 0.25) is 0 Å². The molecule has 13 rings (SSSR count). The van der Waals surface area contributed by atoms with Crippen LogP contribution in [0.15, 0.2) is 192 Å². The van der Waals surface area contributed by atoms with Crippen molar-refractivity contribution in [3.05, 3.63) is 204 Å². The molecule has 3 aromatic heterocycles. The van der Waals surface area contributed by atoms with Crippen molar-refractivity contribution in [2.24, 2.45) is 0 Å². The highest BCUT2D eigenvalue weighted by molar-refractivity contribution is 6.15. The summed E-state index contributed by atoms with van der Waals surface area (Å²) in [5.74, 6) is 0.167. The quantitative estimate of drug-likeness (QED) is 0.177. The van der Waals surface area contributed by atoms with Crippen LogP contribution in [0.1, 0.15) is 50.3 Å². The second-order valence-corrected chi connectivity index (χ2v) is 17.7. The van der Waals surface area contributed by atoms with Gasteiger partial charge in [0.05, 0.1) is 22.1 Å². The average Bonchev–Trinajstić information content (AvgIpc) is 4.06. The van der Waals surface area contributed by atoms with Crippen molar-refractivity contribution >= 4 is 76.9 Å². The van der Waals surface area contributed by atoms with Crippen LogP contribution in [-0.2, 0) is 5.41 Å². The van der Waals surface area contributed by atoms with Crippen molar-refractivity contribution in [1.82, 2.24) is 9.13 Å². The summed E-state index contributed by atoms with van der Waals surface area (Å²) in [4.78, 5) is 2.42. The molecular formula is C58H43N3O. The number of nitrogens with zero attached hydrogens (tertiary/aromatic N) is 3. The number of rotatable bonds is 4. The number of allylic oxidation sites excluding steroid dienone is 4. The molecule has 0 spiro atoms. The molecule has 1 atom stereocenters. The number of hydrogen-bond donors (Lipinski definition) is 0. The van der Waals surface area contributed by atoms with Gasteiger partial charge in [0.2, 0.25) is 0 Å². The van der Waals surface area contributed by atoms with E-state index in [1.807, 2.05) is 12.1 Å². The predicted molar refractivity (Wildman–Crippen MR) is 260 cm³/mol. The van der Waals surface area contributed by atoms with E-state index in [2.05, 4.69) is 212 Å². The normalized spacial score (nSPS) is 16.3. The Morgan fingerprint density at radius 3 is 1.76 bits per heavy atom. The third-order valence-corrected chi connectivity index (χ3v) is 14.0. The highest BCUT2D eigenvalue weighted by atomic mass is 16.3. The van der Waals surface area contributed by atoms with E-state index in [-0.39, 0.29) is 11.3 Å². The Bertz CT molecular complexity index is 3760. The molecule has 296 valence electrons. The topological polar surface area (TPSA) is 26.2 Å². The molecule has 4 nitrogen and oxygen atoms in total. The van der Waals surface area contributed by atoms with Crippen LogP contribution in [0.5, 0.6) is 0 Å². The Labute approximate surface area is 359 Å². The van der Waals surface area contributed by atoms with E-state index in [0.717, 1.165) is 27.6 Å². The molecule has 8 aromatic carbocycles. The summed E-state index contributed by atoms with van der Waals surface area (Å²) in [7, 11) is 0. The van der Waals surface area contributed by atoms with Crippen LogP contribution in [0.3, 0.4) is 0 Å². The van der Waals surface area contributed by atoms with E-state index >= 15 is 0 Å². The molecule has 0 unspecified atom stereocenters. The molecule has 4 heterocycles. The van der Waals surface area contributed by atoms with E-state index < -0.39 is 0 Å². The molecule has 2 aliphatic rings. The maximum absolute atomic E-state index is 6.39. The molecule has 0 saturated heterocycles. The van der Waals surface area contributed by atoms with Crippen LogP contribution < -0.4 is 4.90 Å². The Hall–Kier alpha value is -7.56. The van der Waals surface area contributed by atoms with E-state index in [0.29, 0.717) is 0 Å². The van der Waals surface area contributed by atoms with Gasteiger partial charge in [0.15, 0.2) is 0 Å². The van der Waals surface area contributed by atoms with Crippen molar-refractivity contribution in [1.29, 1.82) is 0 Å². The van der Waals surface area contributed by atoms with Crippen molar-refractivity contribution in [3.8, 4) is 22.5 Å². The Morgan fingerprint density at radius 2 is 1.08 bits per heavy atom. The first-order valence-corrected chi connectivity index (χ1v) is 21.8. The predicted octanol–water partition coefficient (Wildman–Crippen LogP) is 15.8. The largest absolute Gasteiger partial charge is 0.456 e. The summed E-state index contributed by atoms with van der Waals surface area (Å²) in [6.45, 7) is 9.23. The number of anilines is 2. The number of hydrogen-bond acceptors (Lipinski definition) is 2. The molecular weight excluding hydrogens is 755 g/mol. The summed E-state index contributed by atoms with van der Waals surface area (Å²) in [5.41, 5.74) is 19.1. The molecule has 4 heteroatoms. The van der Waals surface area contributed by atoms with Gasteiger partial charge in [-0.2, -0.15) is 0 Å². The number of fused-ring (bicyclic) bond motifs is 13. The fourth-order valence-corrected chi connectivity index (χ4v) is 11.1. The summed E-state index contributed by atoms with van der Waals surface area (Å²) in [5, 5.41) is 7.39. The zero-order chi connectivity index (χ0) is 41.4. The Morgan fingerprint density at radius 1 is 0.500 bits per heavy atom. The highest BCUT2D eigenvalue weighted by Crippen LogP contribution is 2.54. The van der Waals surface area contributed by atoms with Crippen molar-refractivity contribution in [3.63, 3.8) is 0 Å². The van der Waals surface area contributed by atoms with Gasteiger partial charge in [-0.25, -0.2) is 0 Å². The lowest BCUT2D eigenvalue weighted by Crippen LogP contribution is -2.15.